The number of carbonyl (C=O) groups excluding carboxylic acids is 2. The first kappa shape index (κ1) is 17.4. The van der Waals surface area contributed by atoms with Crippen LogP contribution >= 0.6 is 0 Å². The number of rotatable bonds is 5. The minimum atomic E-state index is -0.186. The first-order valence-corrected chi connectivity index (χ1v) is 8.31. The van der Waals surface area contributed by atoms with Crippen molar-refractivity contribution in [3.8, 4) is 0 Å². The van der Waals surface area contributed by atoms with Crippen LogP contribution in [0.25, 0.3) is 0 Å². The van der Waals surface area contributed by atoms with E-state index in [0.29, 0.717) is 16.8 Å². The SMILES string of the molecule is CC(NC(=O)c1ccc(NC(=O)c2ccccc2)cc1)c1ccncc1. The Kier molecular flexibility index (Phi) is 5.39. The van der Waals surface area contributed by atoms with Crippen molar-refractivity contribution in [2.75, 3.05) is 5.32 Å². The van der Waals surface area contributed by atoms with E-state index in [4.69, 9.17) is 0 Å². The Balaban J connectivity index is 1.62. The molecule has 0 bridgehead atoms. The van der Waals surface area contributed by atoms with Gasteiger partial charge in [-0.1, -0.05) is 18.2 Å². The number of aromatic nitrogens is 1. The minimum Gasteiger partial charge on any atom is -0.346 e. The summed E-state index contributed by atoms with van der Waals surface area (Å²) in [6.07, 6.45) is 3.39. The third kappa shape index (κ3) is 4.33. The Labute approximate surface area is 152 Å². The Morgan fingerprint density at radius 2 is 1.42 bits per heavy atom. The van der Waals surface area contributed by atoms with Crippen LogP contribution in [0.2, 0.25) is 0 Å². The van der Waals surface area contributed by atoms with Gasteiger partial charge in [0, 0.05) is 29.2 Å². The van der Waals surface area contributed by atoms with Crippen molar-refractivity contribution in [1.29, 1.82) is 0 Å². The van der Waals surface area contributed by atoms with Crippen LogP contribution in [0.4, 0.5) is 5.69 Å². The van der Waals surface area contributed by atoms with Crippen LogP contribution in [0, 0.1) is 0 Å². The number of hydrogen-bond donors (Lipinski definition) is 2. The maximum Gasteiger partial charge on any atom is 0.255 e. The van der Waals surface area contributed by atoms with Crippen LogP contribution in [0.1, 0.15) is 39.2 Å². The molecule has 1 aromatic heterocycles. The summed E-state index contributed by atoms with van der Waals surface area (Å²) in [7, 11) is 0. The Hall–Kier alpha value is -3.47. The molecule has 5 heteroatoms. The maximum atomic E-state index is 12.4. The van der Waals surface area contributed by atoms with Gasteiger partial charge in [0.1, 0.15) is 0 Å². The van der Waals surface area contributed by atoms with E-state index in [1.165, 1.54) is 0 Å². The van der Waals surface area contributed by atoms with Crippen LogP contribution in [-0.4, -0.2) is 16.8 Å². The van der Waals surface area contributed by atoms with Crippen molar-refractivity contribution in [1.82, 2.24) is 10.3 Å². The largest absolute Gasteiger partial charge is 0.346 e. The highest BCUT2D eigenvalue weighted by atomic mass is 16.2. The number of anilines is 1. The molecule has 3 aromatic rings. The normalized spacial score (nSPS) is 11.4. The van der Waals surface area contributed by atoms with Crippen molar-refractivity contribution in [3.05, 3.63) is 95.8 Å². The first-order chi connectivity index (χ1) is 12.6. The number of hydrogen-bond acceptors (Lipinski definition) is 3. The van der Waals surface area contributed by atoms with Gasteiger partial charge < -0.3 is 10.6 Å². The molecule has 0 radical (unpaired) electrons. The number of carbonyl (C=O) groups is 2. The molecule has 0 saturated heterocycles. The van der Waals surface area contributed by atoms with Gasteiger partial charge in [-0.3, -0.25) is 14.6 Å². The van der Waals surface area contributed by atoms with Gasteiger partial charge in [-0.05, 0) is 61.0 Å². The van der Waals surface area contributed by atoms with Gasteiger partial charge in [-0.15, -0.1) is 0 Å². The second kappa shape index (κ2) is 8.07. The predicted octanol–water partition coefficient (Wildman–Crippen LogP) is 3.82. The number of pyridine rings is 1. The molecular weight excluding hydrogens is 326 g/mol. The van der Waals surface area contributed by atoms with Crippen LogP contribution < -0.4 is 10.6 Å². The Morgan fingerprint density at radius 1 is 0.808 bits per heavy atom. The highest BCUT2D eigenvalue weighted by molar-refractivity contribution is 6.04. The molecule has 1 heterocycles. The van der Waals surface area contributed by atoms with E-state index in [0.717, 1.165) is 5.56 Å². The van der Waals surface area contributed by atoms with E-state index >= 15 is 0 Å². The third-order valence-corrected chi connectivity index (χ3v) is 3.99. The van der Waals surface area contributed by atoms with Gasteiger partial charge in [-0.2, -0.15) is 0 Å². The van der Waals surface area contributed by atoms with E-state index < -0.39 is 0 Å². The summed E-state index contributed by atoms with van der Waals surface area (Å²) < 4.78 is 0. The molecular formula is C21H19N3O2. The van der Waals surface area contributed by atoms with E-state index in [-0.39, 0.29) is 17.9 Å². The van der Waals surface area contributed by atoms with E-state index in [9.17, 15) is 9.59 Å². The van der Waals surface area contributed by atoms with Crippen LogP contribution in [-0.2, 0) is 0 Å². The number of benzene rings is 2. The molecule has 0 spiro atoms. The second-order valence-corrected chi connectivity index (χ2v) is 5.87. The quantitative estimate of drug-likeness (QED) is 0.738. The van der Waals surface area contributed by atoms with Crippen molar-refractivity contribution in [2.24, 2.45) is 0 Å². The van der Waals surface area contributed by atoms with Gasteiger partial charge in [0.25, 0.3) is 11.8 Å². The van der Waals surface area contributed by atoms with Gasteiger partial charge in [0.15, 0.2) is 0 Å². The lowest BCUT2D eigenvalue weighted by Crippen LogP contribution is -2.26. The standard InChI is InChI=1S/C21H19N3O2/c1-15(16-11-13-22-14-12-16)23-20(25)18-7-9-19(10-8-18)24-21(26)17-5-3-2-4-6-17/h2-15H,1H3,(H,23,25)(H,24,26). The Bertz CT molecular complexity index is 878. The van der Waals surface area contributed by atoms with E-state index in [1.807, 2.05) is 37.3 Å². The van der Waals surface area contributed by atoms with Crippen molar-refractivity contribution < 1.29 is 9.59 Å². The molecule has 130 valence electrons. The molecule has 0 saturated carbocycles. The number of amides is 2. The number of nitrogens with one attached hydrogen (secondary N) is 2. The lowest BCUT2D eigenvalue weighted by Gasteiger charge is -2.14. The molecule has 0 fully saturated rings. The lowest BCUT2D eigenvalue weighted by molar-refractivity contribution is 0.0939. The summed E-state index contributed by atoms with van der Waals surface area (Å²) in [6.45, 7) is 1.92. The zero-order valence-electron chi connectivity index (χ0n) is 14.3. The third-order valence-electron chi connectivity index (χ3n) is 3.99. The average molecular weight is 345 g/mol. The molecule has 2 aromatic carbocycles. The summed E-state index contributed by atoms with van der Waals surface area (Å²) in [6, 6.07) is 19.4. The highest BCUT2D eigenvalue weighted by Gasteiger charge is 2.12. The van der Waals surface area contributed by atoms with E-state index in [1.54, 1.807) is 48.8 Å². The van der Waals surface area contributed by atoms with Gasteiger partial charge in [0.05, 0.1) is 6.04 Å². The average Bonchev–Trinajstić information content (AvgIpc) is 2.69. The maximum absolute atomic E-state index is 12.4. The van der Waals surface area contributed by atoms with E-state index in [2.05, 4.69) is 15.6 Å². The summed E-state index contributed by atoms with van der Waals surface area (Å²) in [5.74, 6) is -0.357. The highest BCUT2D eigenvalue weighted by Crippen LogP contribution is 2.14. The topological polar surface area (TPSA) is 71.1 Å². The van der Waals surface area contributed by atoms with Crippen molar-refractivity contribution >= 4 is 17.5 Å². The summed E-state index contributed by atoms with van der Waals surface area (Å²) >= 11 is 0. The summed E-state index contributed by atoms with van der Waals surface area (Å²) in [5, 5.41) is 5.76. The predicted molar refractivity (Wildman–Crippen MR) is 101 cm³/mol. The molecule has 3 rings (SSSR count). The fraction of sp³-hybridized carbons (Fsp3) is 0.0952. The molecule has 2 N–H and O–H groups in total. The Morgan fingerprint density at radius 3 is 2.08 bits per heavy atom. The van der Waals surface area contributed by atoms with Crippen molar-refractivity contribution in [3.63, 3.8) is 0 Å². The monoisotopic (exact) mass is 345 g/mol. The summed E-state index contributed by atoms with van der Waals surface area (Å²) in [5.41, 5.74) is 2.74. The molecule has 0 aliphatic carbocycles. The second-order valence-electron chi connectivity index (χ2n) is 5.87. The smallest absolute Gasteiger partial charge is 0.255 e. The molecule has 1 unspecified atom stereocenters. The van der Waals surface area contributed by atoms with Gasteiger partial charge in [-0.25, -0.2) is 0 Å². The lowest BCUT2D eigenvalue weighted by atomic mass is 10.1. The molecule has 1 atom stereocenters. The fourth-order valence-corrected chi connectivity index (χ4v) is 2.51. The fourth-order valence-electron chi connectivity index (χ4n) is 2.51. The minimum absolute atomic E-state index is 0.122. The molecule has 26 heavy (non-hydrogen) atoms. The van der Waals surface area contributed by atoms with Crippen LogP contribution in [0.5, 0.6) is 0 Å². The van der Waals surface area contributed by atoms with Crippen molar-refractivity contribution in [2.45, 2.75) is 13.0 Å². The van der Waals surface area contributed by atoms with Gasteiger partial charge in [0.2, 0.25) is 0 Å². The van der Waals surface area contributed by atoms with Gasteiger partial charge >= 0.3 is 0 Å². The molecule has 5 nitrogen and oxygen atoms in total. The summed E-state index contributed by atoms with van der Waals surface area (Å²) in [4.78, 5) is 28.5. The molecule has 0 aliphatic rings. The van der Waals surface area contributed by atoms with Crippen LogP contribution in [0.3, 0.4) is 0 Å². The zero-order chi connectivity index (χ0) is 18.4. The zero-order valence-corrected chi connectivity index (χ0v) is 14.3. The van der Waals surface area contributed by atoms with Crippen LogP contribution in [0.15, 0.2) is 79.1 Å². The molecule has 0 aliphatic heterocycles. The molecule has 2 amide bonds. The first-order valence-electron chi connectivity index (χ1n) is 8.31. The number of nitrogens with zero attached hydrogens (tertiary/aromatic N) is 1.